The minimum Gasteiger partial charge on any atom is -0.384 e. The first-order valence-electron chi connectivity index (χ1n) is 7.38. The van der Waals surface area contributed by atoms with Crippen molar-refractivity contribution in [3.05, 3.63) is 29.8 Å². The number of carbonyl (C=O) groups excluding carboxylic acids is 1. The maximum atomic E-state index is 12.3. The molecule has 4 heteroatoms. The van der Waals surface area contributed by atoms with Crippen molar-refractivity contribution in [2.75, 3.05) is 25.1 Å². The van der Waals surface area contributed by atoms with Gasteiger partial charge in [0.1, 0.15) is 0 Å². The average molecular weight is 274 g/mol. The summed E-state index contributed by atoms with van der Waals surface area (Å²) in [6.07, 6.45) is 2.56. The molecule has 0 aromatic heterocycles. The fourth-order valence-corrected chi connectivity index (χ4v) is 3.18. The van der Waals surface area contributed by atoms with E-state index in [2.05, 4.69) is 29.7 Å². The molecular weight excluding hydrogens is 252 g/mol. The van der Waals surface area contributed by atoms with Gasteiger partial charge in [-0.15, -0.1) is 0 Å². The SMILES string of the molecule is CC1(NC(=O)CC2CNc3ccccc32)CCCOC1. The van der Waals surface area contributed by atoms with E-state index < -0.39 is 0 Å². The first-order chi connectivity index (χ1) is 9.66. The molecule has 2 heterocycles. The highest BCUT2D eigenvalue weighted by Gasteiger charge is 2.31. The monoisotopic (exact) mass is 274 g/mol. The zero-order valence-corrected chi connectivity index (χ0v) is 11.9. The molecule has 0 aliphatic carbocycles. The van der Waals surface area contributed by atoms with Crippen LogP contribution in [0.5, 0.6) is 0 Å². The van der Waals surface area contributed by atoms with Gasteiger partial charge in [0.05, 0.1) is 12.1 Å². The maximum Gasteiger partial charge on any atom is 0.221 e. The van der Waals surface area contributed by atoms with Crippen molar-refractivity contribution in [1.82, 2.24) is 5.32 Å². The highest BCUT2D eigenvalue weighted by molar-refractivity contribution is 5.79. The summed E-state index contributed by atoms with van der Waals surface area (Å²) in [6.45, 7) is 4.36. The first-order valence-corrected chi connectivity index (χ1v) is 7.38. The molecule has 1 amide bonds. The van der Waals surface area contributed by atoms with E-state index in [1.54, 1.807) is 0 Å². The predicted octanol–water partition coefficient (Wildman–Crippen LogP) is 2.27. The number of anilines is 1. The van der Waals surface area contributed by atoms with Gasteiger partial charge >= 0.3 is 0 Å². The van der Waals surface area contributed by atoms with Gasteiger partial charge in [0.2, 0.25) is 5.91 Å². The number of ether oxygens (including phenoxy) is 1. The number of amides is 1. The zero-order chi connectivity index (χ0) is 14.0. The molecule has 0 radical (unpaired) electrons. The highest BCUT2D eigenvalue weighted by Crippen LogP contribution is 2.33. The van der Waals surface area contributed by atoms with Crippen LogP contribution in [0.15, 0.2) is 24.3 Å². The lowest BCUT2D eigenvalue weighted by atomic mass is 9.93. The van der Waals surface area contributed by atoms with Gasteiger partial charge in [-0.25, -0.2) is 0 Å². The zero-order valence-electron chi connectivity index (χ0n) is 11.9. The van der Waals surface area contributed by atoms with E-state index in [9.17, 15) is 4.79 Å². The Labute approximate surface area is 119 Å². The van der Waals surface area contributed by atoms with Gasteiger partial charge in [-0.1, -0.05) is 18.2 Å². The van der Waals surface area contributed by atoms with Gasteiger partial charge in [-0.3, -0.25) is 4.79 Å². The van der Waals surface area contributed by atoms with Gasteiger partial charge in [-0.05, 0) is 31.4 Å². The second-order valence-electron chi connectivity index (χ2n) is 6.13. The van der Waals surface area contributed by atoms with Gasteiger partial charge in [0, 0.05) is 31.2 Å². The number of benzene rings is 1. The number of carbonyl (C=O) groups is 1. The number of para-hydroxylation sites is 1. The highest BCUT2D eigenvalue weighted by atomic mass is 16.5. The van der Waals surface area contributed by atoms with E-state index in [1.807, 2.05) is 12.1 Å². The van der Waals surface area contributed by atoms with Crippen LogP contribution in [-0.2, 0) is 9.53 Å². The van der Waals surface area contributed by atoms with E-state index in [1.165, 1.54) is 5.56 Å². The van der Waals surface area contributed by atoms with Crippen LogP contribution in [0, 0.1) is 0 Å². The molecule has 1 fully saturated rings. The Hall–Kier alpha value is -1.55. The van der Waals surface area contributed by atoms with Crippen molar-refractivity contribution >= 4 is 11.6 Å². The summed E-state index contributed by atoms with van der Waals surface area (Å²) in [7, 11) is 0. The number of fused-ring (bicyclic) bond motifs is 1. The van der Waals surface area contributed by atoms with Crippen molar-refractivity contribution in [2.45, 2.75) is 37.6 Å². The van der Waals surface area contributed by atoms with E-state index in [4.69, 9.17) is 4.74 Å². The molecule has 3 rings (SSSR count). The second kappa shape index (κ2) is 5.44. The fourth-order valence-electron chi connectivity index (χ4n) is 3.18. The molecule has 1 aromatic carbocycles. The Morgan fingerprint density at radius 3 is 3.15 bits per heavy atom. The standard InChI is InChI=1S/C16H22N2O2/c1-16(7-4-8-20-11-16)18-15(19)9-12-10-17-14-6-3-2-5-13(12)14/h2-3,5-6,12,17H,4,7-11H2,1H3,(H,18,19). The molecule has 1 aromatic rings. The van der Waals surface area contributed by atoms with Crippen molar-refractivity contribution in [3.8, 4) is 0 Å². The lowest BCUT2D eigenvalue weighted by Gasteiger charge is -2.34. The van der Waals surface area contributed by atoms with Crippen LogP contribution in [0.4, 0.5) is 5.69 Å². The van der Waals surface area contributed by atoms with Crippen LogP contribution in [0.25, 0.3) is 0 Å². The smallest absolute Gasteiger partial charge is 0.221 e. The van der Waals surface area contributed by atoms with E-state index in [0.29, 0.717) is 13.0 Å². The normalized spacial score (nSPS) is 28.6. The van der Waals surface area contributed by atoms with Crippen LogP contribution in [-0.4, -0.2) is 31.2 Å². The Morgan fingerprint density at radius 1 is 1.50 bits per heavy atom. The summed E-state index contributed by atoms with van der Waals surface area (Å²) in [6, 6.07) is 8.24. The third kappa shape index (κ3) is 2.80. The molecule has 20 heavy (non-hydrogen) atoms. The summed E-state index contributed by atoms with van der Waals surface area (Å²) in [5.74, 6) is 0.404. The predicted molar refractivity (Wildman–Crippen MR) is 78.9 cm³/mol. The Kier molecular flexibility index (Phi) is 3.66. The Morgan fingerprint density at radius 2 is 2.35 bits per heavy atom. The number of rotatable bonds is 3. The molecule has 0 bridgehead atoms. The third-order valence-corrected chi connectivity index (χ3v) is 4.25. The molecule has 2 aliphatic rings. The van der Waals surface area contributed by atoms with Crippen molar-refractivity contribution < 1.29 is 9.53 Å². The summed E-state index contributed by atoms with van der Waals surface area (Å²) in [4.78, 5) is 12.3. The lowest BCUT2D eigenvalue weighted by Crippen LogP contribution is -2.51. The van der Waals surface area contributed by atoms with Crippen LogP contribution >= 0.6 is 0 Å². The molecule has 0 spiro atoms. The van der Waals surface area contributed by atoms with E-state index in [-0.39, 0.29) is 17.4 Å². The number of nitrogens with one attached hydrogen (secondary N) is 2. The van der Waals surface area contributed by atoms with Gasteiger partial charge in [0.25, 0.3) is 0 Å². The molecule has 2 atom stereocenters. The summed E-state index contributed by atoms with van der Waals surface area (Å²) < 4.78 is 5.49. The topological polar surface area (TPSA) is 50.4 Å². The van der Waals surface area contributed by atoms with Crippen LogP contribution in [0.2, 0.25) is 0 Å². The van der Waals surface area contributed by atoms with E-state index >= 15 is 0 Å². The van der Waals surface area contributed by atoms with Crippen molar-refractivity contribution in [1.29, 1.82) is 0 Å². The molecule has 2 unspecified atom stereocenters. The molecular formula is C16H22N2O2. The lowest BCUT2D eigenvalue weighted by molar-refractivity contribution is -0.124. The molecule has 108 valence electrons. The Bertz CT molecular complexity index is 495. The van der Waals surface area contributed by atoms with Gasteiger partial charge < -0.3 is 15.4 Å². The molecule has 2 N–H and O–H groups in total. The van der Waals surface area contributed by atoms with Gasteiger partial charge in [-0.2, -0.15) is 0 Å². The molecule has 1 saturated heterocycles. The maximum absolute atomic E-state index is 12.3. The van der Waals surface area contributed by atoms with E-state index in [0.717, 1.165) is 31.7 Å². The van der Waals surface area contributed by atoms with Crippen molar-refractivity contribution in [2.24, 2.45) is 0 Å². The van der Waals surface area contributed by atoms with Crippen LogP contribution < -0.4 is 10.6 Å². The Balaban J connectivity index is 1.60. The largest absolute Gasteiger partial charge is 0.384 e. The number of hydrogen-bond acceptors (Lipinski definition) is 3. The van der Waals surface area contributed by atoms with Gasteiger partial charge in [0.15, 0.2) is 0 Å². The summed E-state index contributed by atoms with van der Waals surface area (Å²) in [5, 5.41) is 6.53. The third-order valence-electron chi connectivity index (χ3n) is 4.25. The van der Waals surface area contributed by atoms with Crippen LogP contribution in [0.1, 0.15) is 37.7 Å². The minimum absolute atomic E-state index is 0.126. The quantitative estimate of drug-likeness (QED) is 0.889. The molecule has 0 saturated carbocycles. The van der Waals surface area contributed by atoms with Crippen LogP contribution in [0.3, 0.4) is 0 Å². The average Bonchev–Trinajstić information content (AvgIpc) is 2.82. The fraction of sp³-hybridized carbons (Fsp3) is 0.562. The molecule has 4 nitrogen and oxygen atoms in total. The number of hydrogen-bond donors (Lipinski definition) is 2. The molecule has 2 aliphatic heterocycles. The minimum atomic E-state index is -0.194. The summed E-state index contributed by atoms with van der Waals surface area (Å²) in [5.41, 5.74) is 2.23. The summed E-state index contributed by atoms with van der Waals surface area (Å²) >= 11 is 0. The second-order valence-corrected chi connectivity index (χ2v) is 6.13. The first kappa shape index (κ1) is 13.4. The van der Waals surface area contributed by atoms with Crippen molar-refractivity contribution in [3.63, 3.8) is 0 Å².